The van der Waals surface area contributed by atoms with Crippen molar-refractivity contribution in [3.05, 3.63) is 103 Å². The van der Waals surface area contributed by atoms with Crippen molar-refractivity contribution in [2.24, 2.45) is 0 Å². The summed E-state index contributed by atoms with van der Waals surface area (Å²) in [5.74, 6) is 0.236. The van der Waals surface area contributed by atoms with Crippen LogP contribution in [0.15, 0.2) is 96.4 Å². The van der Waals surface area contributed by atoms with Gasteiger partial charge in [0.05, 0.1) is 10.6 Å². The molecule has 162 valence electrons. The van der Waals surface area contributed by atoms with Gasteiger partial charge in [-0.25, -0.2) is 18.6 Å². The number of benzene rings is 3. The predicted octanol–water partition coefficient (Wildman–Crippen LogP) is 5.94. The third-order valence-electron chi connectivity index (χ3n) is 5.37. The van der Waals surface area contributed by atoms with Gasteiger partial charge in [-0.2, -0.15) is 0 Å². The molecule has 2 aromatic heterocycles. The van der Waals surface area contributed by atoms with E-state index < -0.39 is 11.0 Å². The molecule has 7 heteroatoms. The minimum Gasteiger partial charge on any atom is -0.285 e. The maximum absolute atomic E-state index is 13.6. The molecule has 0 saturated heterocycles. The summed E-state index contributed by atoms with van der Waals surface area (Å²) in [4.78, 5) is 13.2. The predicted molar refractivity (Wildman–Crippen MR) is 129 cm³/mol. The van der Waals surface area contributed by atoms with Crippen LogP contribution in [0.2, 0.25) is 0 Å². The first kappa shape index (κ1) is 20.9. The van der Waals surface area contributed by atoms with Gasteiger partial charge in [0.15, 0.2) is 11.0 Å². The second-order valence-electron chi connectivity index (χ2n) is 7.55. The molecule has 0 fully saturated rings. The molecule has 1 N–H and O–H groups in total. The average molecular weight is 455 g/mol. The van der Waals surface area contributed by atoms with Crippen LogP contribution >= 0.6 is 0 Å². The number of halogens is 1. The van der Waals surface area contributed by atoms with Gasteiger partial charge in [0.25, 0.3) is 0 Å². The molecule has 1 atom stereocenters. The summed E-state index contributed by atoms with van der Waals surface area (Å²) in [6, 6.07) is 21.8. The highest BCUT2D eigenvalue weighted by Crippen LogP contribution is 2.32. The van der Waals surface area contributed by atoms with Crippen LogP contribution in [0.3, 0.4) is 0 Å². The Balaban J connectivity index is 1.49. The third kappa shape index (κ3) is 4.36. The summed E-state index contributed by atoms with van der Waals surface area (Å²) in [7, 11) is -1.46. The van der Waals surface area contributed by atoms with Crippen molar-refractivity contribution >= 4 is 27.6 Å². The van der Waals surface area contributed by atoms with Crippen LogP contribution in [0.25, 0.3) is 33.2 Å². The number of fused-ring (bicyclic) bond motifs is 1. The molecule has 1 unspecified atom stereocenters. The van der Waals surface area contributed by atoms with Crippen LogP contribution in [0.1, 0.15) is 5.56 Å². The van der Waals surface area contributed by atoms with Crippen LogP contribution < -0.4 is 4.72 Å². The van der Waals surface area contributed by atoms with Crippen molar-refractivity contribution in [2.75, 3.05) is 4.72 Å². The smallest absolute Gasteiger partial charge is 0.151 e. The van der Waals surface area contributed by atoms with Crippen LogP contribution in [0, 0.1) is 12.7 Å². The van der Waals surface area contributed by atoms with Gasteiger partial charge in [0.1, 0.15) is 18.0 Å². The largest absolute Gasteiger partial charge is 0.285 e. The van der Waals surface area contributed by atoms with E-state index >= 15 is 0 Å². The van der Waals surface area contributed by atoms with Crippen molar-refractivity contribution < 1.29 is 8.60 Å². The molecule has 0 aliphatic heterocycles. The lowest BCUT2D eigenvalue weighted by Gasteiger charge is -2.12. The highest BCUT2D eigenvalue weighted by Gasteiger charge is 2.12. The summed E-state index contributed by atoms with van der Waals surface area (Å²) in [5, 5.41) is 1.89. The second kappa shape index (κ2) is 8.88. The molecule has 0 saturated carbocycles. The van der Waals surface area contributed by atoms with Crippen molar-refractivity contribution in [1.29, 1.82) is 0 Å². The summed E-state index contributed by atoms with van der Waals surface area (Å²) in [6.45, 7) is 2.02. The maximum atomic E-state index is 13.6. The Morgan fingerprint density at radius 1 is 0.879 bits per heavy atom. The number of hydrogen-bond donors (Lipinski definition) is 1. The Hall–Kier alpha value is -3.97. The molecular formula is C26H19FN4OS. The average Bonchev–Trinajstić information content (AvgIpc) is 2.84. The van der Waals surface area contributed by atoms with Crippen molar-refractivity contribution in [3.8, 4) is 22.4 Å². The SMILES string of the molecule is Cc1cc(-c2cccc(F)c2)ccc1-c1nccc2cc(S(=O)Nc3ccncn3)ccc12. The Bertz CT molecular complexity index is 1490. The van der Waals surface area contributed by atoms with Crippen LogP contribution in [-0.4, -0.2) is 19.2 Å². The van der Waals surface area contributed by atoms with Gasteiger partial charge in [0, 0.05) is 23.3 Å². The fourth-order valence-electron chi connectivity index (χ4n) is 3.77. The van der Waals surface area contributed by atoms with Crippen LogP contribution in [0.4, 0.5) is 10.2 Å². The second-order valence-corrected chi connectivity index (χ2v) is 8.76. The Morgan fingerprint density at radius 3 is 2.55 bits per heavy atom. The molecule has 0 bridgehead atoms. The quantitative estimate of drug-likeness (QED) is 0.357. The summed E-state index contributed by atoms with van der Waals surface area (Å²) >= 11 is 0. The highest BCUT2D eigenvalue weighted by molar-refractivity contribution is 7.86. The number of pyridine rings is 1. The molecule has 3 aromatic carbocycles. The Morgan fingerprint density at radius 2 is 1.76 bits per heavy atom. The zero-order valence-electron chi connectivity index (χ0n) is 17.7. The molecule has 0 aliphatic carbocycles. The molecule has 0 radical (unpaired) electrons. The normalized spacial score (nSPS) is 11.9. The molecule has 5 rings (SSSR count). The molecule has 0 amide bonds. The van der Waals surface area contributed by atoms with E-state index in [1.54, 1.807) is 24.5 Å². The number of nitrogens with one attached hydrogen (secondary N) is 1. The van der Waals surface area contributed by atoms with Gasteiger partial charge in [-0.1, -0.05) is 36.4 Å². The van der Waals surface area contributed by atoms with Gasteiger partial charge in [-0.05, 0) is 65.4 Å². The number of hydrogen-bond acceptors (Lipinski definition) is 4. The first-order valence-corrected chi connectivity index (χ1v) is 11.4. The zero-order chi connectivity index (χ0) is 22.8. The van der Waals surface area contributed by atoms with Crippen molar-refractivity contribution in [1.82, 2.24) is 15.0 Å². The molecule has 0 aliphatic rings. The third-order valence-corrected chi connectivity index (χ3v) is 6.45. The van der Waals surface area contributed by atoms with E-state index in [1.165, 1.54) is 18.5 Å². The van der Waals surface area contributed by atoms with E-state index in [2.05, 4.69) is 19.7 Å². The summed E-state index contributed by atoms with van der Waals surface area (Å²) in [5.41, 5.74) is 4.66. The molecule has 5 nitrogen and oxygen atoms in total. The Labute approximate surface area is 193 Å². The van der Waals surface area contributed by atoms with Gasteiger partial charge in [0.2, 0.25) is 0 Å². The summed E-state index contributed by atoms with van der Waals surface area (Å²) < 4.78 is 29.3. The van der Waals surface area contributed by atoms with E-state index in [0.717, 1.165) is 38.7 Å². The lowest BCUT2D eigenvalue weighted by Crippen LogP contribution is -2.06. The molecule has 2 heterocycles. The highest BCUT2D eigenvalue weighted by atomic mass is 32.2. The monoisotopic (exact) mass is 454 g/mol. The minimum absolute atomic E-state index is 0.257. The minimum atomic E-state index is -1.46. The molecule has 33 heavy (non-hydrogen) atoms. The number of rotatable bonds is 5. The maximum Gasteiger partial charge on any atom is 0.151 e. The number of aromatic nitrogens is 3. The number of nitrogens with zero attached hydrogens (tertiary/aromatic N) is 3. The molecular weight excluding hydrogens is 435 g/mol. The van der Waals surface area contributed by atoms with Crippen molar-refractivity contribution in [2.45, 2.75) is 11.8 Å². The van der Waals surface area contributed by atoms with Gasteiger partial charge in [-0.15, -0.1) is 0 Å². The lowest BCUT2D eigenvalue weighted by atomic mass is 9.96. The molecule has 5 aromatic rings. The number of anilines is 1. The fraction of sp³-hybridized carbons (Fsp3) is 0.0385. The zero-order valence-corrected chi connectivity index (χ0v) is 18.5. The van der Waals surface area contributed by atoms with Gasteiger partial charge in [-0.3, -0.25) is 9.71 Å². The van der Waals surface area contributed by atoms with E-state index in [4.69, 9.17) is 0 Å². The Kier molecular flexibility index (Phi) is 5.62. The van der Waals surface area contributed by atoms with Gasteiger partial charge >= 0.3 is 0 Å². The topological polar surface area (TPSA) is 67.8 Å². The lowest BCUT2D eigenvalue weighted by molar-refractivity contribution is 0.628. The number of aryl methyl sites for hydroxylation is 1. The van der Waals surface area contributed by atoms with E-state index in [0.29, 0.717) is 10.7 Å². The first-order valence-electron chi connectivity index (χ1n) is 10.3. The summed E-state index contributed by atoms with van der Waals surface area (Å²) in [6.07, 6.45) is 4.74. The van der Waals surface area contributed by atoms with Crippen molar-refractivity contribution in [3.63, 3.8) is 0 Å². The fourth-order valence-corrected chi connectivity index (χ4v) is 4.62. The van der Waals surface area contributed by atoms with Gasteiger partial charge < -0.3 is 0 Å². The van der Waals surface area contributed by atoms with E-state index in [-0.39, 0.29) is 5.82 Å². The van der Waals surface area contributed by atoms with Crippen LogP contribution in [-0.2, 0) is 11.0 Å². The molecule has 0 spiro atoms. The first-order chi connectivity index (χ1) is 16.1. The van der Waals surface area contributed by atoms with E-state index in [1.807, 2.05) is 55.5 Å². The standard InChI is InChI=1S/C26H19FN4OS/c1-17-13-19(18-3-2-4-21(27)14-18)5-7-23(17)26-24-8-6-22(15-20(24)9-12-29-26)33(32)31-25-10-11-28-16-30-25/h2-16H,1H3,(H,28,30,31). The van der Waals surface area contributed by atoms with Crippen LogP contribution in [0.5, 0.6) is 0 Å². The van der Waals surface area contributed by atoms with E-state index in [9.17, 15) is 8.60 Å².